The average molecular weight is 345 g/mol. The summed E-state index contributed by atoms with van der Waals surface area (Å²) < 4.78 is 0. The van der Waals surface area contributed by atoms with Crippen molar-refractivity contribution in [1.29, 1.82) is 0 Å². The Bertz CT molecular complexity index is 740. The molecule has 2 aliphatic heterocycles. The van der Waals surface area contributed by atoms with E-state index in [4.69, 9.17) is 11.6 Å². The standard InChI is InChI=1S/C19H21ClN2S/c1-19(2,12-21-9-10-21)13-22-15-5-3-4-6-17(15)23-18-8-7-14(20)11-16(18)22/h3-8,11H,9-10,12-13H2,1-2H3. The number of halogens is 1. The zero-order valence-corrected chi connectivity index (χ0v) is 15.1. The second-order valence-corrected chi connectivity index (χ2v) is 8.73. The van der Waals surface area contributed by atoms with E-state index < -0.39 is 0 Å². The van der Waals surface area contributed by atoms with Crippen LogP contribution in [-0.4, -0.2) is 31.1 Å². The van der Waals surface area contributed by atoms with Crippen molar-refractivity contribution in [3.63, 3.8) is 0 Å². The quantitative estimate of drug-likeness (QED) is 0.696. The lowest BCUT2D eigenvalue weighted by molar-refractivity contribution is 0.300. The van der Waals surface area contributed by atoms with E-state index in [2.05, 4.69) is 60.0 Å². The van der Waals surface area contributed by atoms with Gasteiger partial charge in [-0.2, -0.15) is 0 Å². The summed E-state index contributed by atoms with van der Waals surface area (Å²) in [5.74, 6) is 0. The van der Waals surface area contributed by atoms with E-state index in [0.29, 0.717) is 0 Å². The summed E-state index contributed by atoms with van der Waals surface area (Å²) in [7, 11) is 0. The van der Waals surface area contributed by atoms with Gasteiger partial charge in [0.25, 0.3) is 0 Å². The van der Waals surface area contributed by atoms with Gasteiger partial charge >= 0.3 is 0 Å². The Labute approximate surface area is 147 Å². The third kappa shape index (κ3) is 3.23. The molecule has 23 heavy (non-hydrogen) atoms. The fourth-order valence-electron chi connectivity index (χ4n) is 3.28. The zero-order chi connectivity index (χ0) is 16.0. The molecule has 4 heteroatoms. The molecule has 0 spiro atoms. The summed E-state index contributed by atoms with van der Waals surface area (Å²) in [5, 5.41) is 0.803. The van der Waals surface area contributed by atoms with E-state index in [1.807, 2.05) is 17.8 Å². The van der Waals surface area contributed by atoms with Crippen molar-refractivity contribution in [2.45, 2.75) is 23.6 Å². The molecule has 2 aromatic carbocycles. The maximum Gasteiger partial charge on any atom is 0.0567 e. The van der Waals surface area contributed by atoms with Crippen molar-refractivity contribution in [2.24, 2.45) is 5.41 Å². The highest BCUT2D eigenvalue weighted by Crippen LogP contribution is 2.49. The third-order valence-electron chi connectivity index (χ3n) is 4.37. The number of hydrogen-bond donors (Lipinski definition) is 0. The van der Waals surface area contributed by atoms with Gasteiger partial charge in [-0.25, -0.2) is 0 Å². The molecule has 4 rings (SSSR count). The Balaban J connectivity index is 1.73. The third-order valence-corrected chi connectivity index (χ3v) is 5.73. The normalized spacial score (nSPS) is 16.9. The predicted molar refractivity (Wildman–Crippen MR) is 99.2 cm³/mol. The molecule has 0 unspecified atom stereocenters. The molecule has 0 N–H and O–H groups in total. The Kier molecular flexibility index (Phi) is 3.83. The fourth-order valence-corrected chi connectivity index (χ4v) is 4.53. The number of fused-ring (bicyclic) bond motifs is 2. The first kappa shape index (κ1) is 15.4. The van der Waals surface area contributed by atoms with E-state index >= 15 is 0 Å². The highest BCUT2D eigenvalue weighted by atomic mass is 35.5. The molecule has 0 amide bonds. The number of anilines is 2. The first-order valence-electron chi connectivity index (χ1n) is 8.08. The summed E-state index contributed by atoms with van der Waals surface area (Å²) in [6.07, 6.45) is 0. The van der Waals surface area contributed by atoms with Crippen LogP contribution in [0.25, 0.3) is 0 Å². The lowest BCUT2D eigenvalue weighted by atomic mass is 9.92. The lowest BCUT2D eigenvalue weighted by Gasteiger charge is -2.38. The molecule has 0 bridgehead atoms. The molecule has 0 aromatic heterocycles. The summed E-state index contributed by atoms with van der Waals surface area (Å²) in [6.45, 7) is 9.36. The second-order valence-electron chi connectivity index (χ2n) is 7.21. The molecule has 0 atom stereocenters. The minimum Gasteiger partial charge on any atom is -0.339 e. The van der Waals surface area contributed by atoms with Gasteiger partial charge < -0.3 is 9.80 Å². The van der Waals surface area contributed by atoms with E-state index in [1.165, 1.54) is 34.3 Å². The van der Waals surface area contributed by atoms with Gasteiger partial charge in [0.2, 0.25) is 0 Å². The topological polar surface area (TPSA) is 6.25 Å². The van der Waals surface area contributed by atoms with Gasteiger partial charge in [-0.3, -0.25) is 0 Å². The summed E-state index contributed by atoms with van der Waals surface area (Å²) in [5.41, 5.74) is 2.76. The monoisotopic (exact) mass is 344 g/mol. The van der Waals surface area contributed by atoms with Crippen LogP contribution in [0.3, 0.4) is 0 Å². The Hall–Kier alpha value is -1.16. The van der Waals surface area contributed by atoms with Gasteiger partial charge in [-0.15, -0.1) is 0 Å². The van der Waals surface area contributed by atoms with Crippen LogP contribution in [0.15, 0.2) is 52.3 Å². The first-order valence-corrected chi connectivity index (χ1v) is 9.28. The fraction of sp³-hybridized carbons (Fsp3) is 0.368. The second kappa shape index (κ2) is 5.73. The van der Waals surface area contributed by atoms with Gasteiger partial charge in [-0.05, 0) is 35.7 Å². The maximum absolute atomic E-state index is 6.29. The molecule has 120 valence electrons. The minimum absolute atomic E-state index is 0.227. The maximum atomic E-state index is 6.29. The van der Waals surface area contributed by atoms with E-state index in [9.17, 15) is 0 Å². The van der Waals surface area contributed by atoms with Crippen LogP contribution in [0.2, 0.25) is 5.02 Å². The van der Waals surface area contributed by atoms with Crippen LogP contribution in [-0.2, 0) is 0 Å². The average Bonchev–Trinajstić information content (AvgIpc) is 3.30. The van der Waals surface area contributed by atoms with Crippen molar-refractivity contribution in [1.82, 2.24) is 4.90 Å². The highest BCUT2D eigenvalue weighted by Gasteiger charge is 2.32. The van der Waals surface area contributed by atoms with Crippen LogP contribution in [0, 0.1) is 5.41 Å². The van der Waals surface area contributed by atoms with Crippen molar-refractivity contribution in [3.8, 4) is 0 Å². The minimum atomic E-state index is 0.227. The number of hydrogen-bond acceptors (Lipinski definition) is 3. The lowest BCUT2D eigenvalue weighted by Crippen LogP contribution is -2.37. The van der Waals surface area contributed by atoms with Crippen LogP contribution >= 0.6 is 23.4 Å². The molecule has 0 radical (unpaired) electrons. The van der Waals surface area contributed by atoms with Crippen molar-refractivity contribution in [3.05, 3.63) is 47.5 Å². The molecule has 2 nitrogen and oxygen atoms in total. The van der Waals surface area contributed by atoms with Gasteiger partial charge in [-0.1, -0.05) is 49.3 Å². The number of rotatable bonds is 4. The number of nitrogens with zero attached hydrogens (tertiary/aromatic N) is 2. The van der Waals surface area contributed by atoms with Crippen LogP contribution in [0.5, 0.6) is 0 Å². The molecule has 2 heterocycles. The largest absolute Gasteiger partial charge is 0.339 e. The van der Waals surface area contributed by atoms with E-state index in [1.54, 1.807) is 0 Å². The summed E-state index contributed by atoms with van der Waals surface area (Å²) >= 11 is 8.13. The SMILES string of the molecule is CC(C)(CN1CC1)CN1c2ccccc2Sc2ccc(Cl)cc21. The van der Waals surface area contributed by atoms with Crippen LogP contribution in [0.1, 0.15) is 13.8 Å². The van der Waals surface area contributed by atoms with Crippen LogP contribution in [0.4, 0.5) is 11.4 Å². The smallest absolute Gasteiger partial charge is 0.0567 e. The molecule has 2 aromatic rings. The van der Waals surface area contributed by atoms with Crippen molar-refractivity contribution >= 4 is 34.7 Å². The van der Waals surface area contributed by atoms with Gasteiger partial charge in [0.1, 0.15) is 0 Å². The van der Waals surface area contributed by atoms with Gasteiger partial charge in [0, 0.05) is 41.0 Å². The van der Waals surface area contributed by atoms with Crippen molar-refractivity contribution in [2.75, 3.05) is 31.1 Å². The number of para-hydroxylation sites is 1. The van der Waals surface area contributed by atoms with Gasteiger partial charge in [0.15, 0.2) is 0 Å². The van der Waals surface area contributed by atoms with Gasteiger partial charge in [0.05, 0.1) is 11.4 Å². The molecule has 0 saturated carbocycles. The Morgan fingerprint density at radius 1 is 1.00 bits per heavy atom. The number of benzene rings is 2. The first-order chi connectivity index (χ1) is 11.0. The molecule has 2 aliphatic rings. The molecule has 1 fully saturated rings. The molecular formula is C19H21ClN2S. The Morgan fingerprint density at radius 2 is 1.74 bits per heavy atom. The predicted octanol–water partition coefficient (Wildman–Crippen LogP) is 5.28. The Morgan fingerprint density at radius 3 is 2.52 bits per heavy atom. The molecule has 0 aliphatic carbocycles. The molecular weight excluding hydrogens is 324 g/mol. The van der Waals surface area contributed by atoms with E-state index in [0.717, 1.165) is 18.1 Å². The summed E-state index contributed by atoms with van der Waals surface area (Å²) in [4.78, 5) is 7.57. The van der Waals surface area contributed by atoms with Crippen LogP contribution < -0.4 is 4.90 Å². The zero-order valence-electron chi connectivity index (χ0n) is 13.6. The highest BCUT2D eigenvalue weighted by molar-refractivity contribution is 7.99. The van der Waals surface area contributed by atoms with E-state index in [-0.39, 0.29) is 5.41 Å². The van der Waals surface area contributed by atoms with Crippen molar-refractivity contribution < 1.29 is 0 Å². The summed E-state index contributed by atoms with van der Waals surface area (Å²) in [6, 6.07) is 14.9. The molecule has 1 saturated heterocycles.